The molecule has 0 aromatic heterocycles. The highest BCUT2D eigenvalue weighted by Crippen LogP contribution is 2.47. The molecule has 6 heteroatoms. The monoisotopic (exact) mass is 376 g/mol. The van der Waals surface area contributed by atoms with Gasteiger partial charge in [-0.3, -0.25) is 9.59 Å². The first-order chi connectivity index (χ1) is 11.0. The summed E-state index contributed by atoms with van der Waals surface area (Å²) in [6.07, 6.45) is 1.00. The van der Waals surface area contributed by atoms with E-state index in [1.54, 1.807) is 12.1 Å². The fraction of sp³-hybridized carbons (Fsp3) is 0.176. The smallest absolute Gasteiger partial charge is 0.240 e. The predicted molar refractivity (Wildman–Crippen MR) is 89.5 cm³/mol. The van der Waals surface area contributed by atoms with Crippen LogP contribution in [0.15, 0.2) is 53.0 Å². The number of benzene rings is 2. The van der Waals surface area contributed by atoms with Gasteiger partial charge in [-0.25, -0.2) is 4.39 Å². The second-order valence-electron chi connectivity index (χ2n) is 5.50. The number of halogens is 2. The molecule has 0 heterocycles. The zero-order chi connectivity index (χ0) is 16.4. The summed E-state index contributed by atoms with van der Waals surface area (Å²) < 4.78 is 13.8. The molecule has 2 aromatic rings. The van der Waals surface area contributed by atoms with Crippen LogP contribution < -0.4 is 10.6 Å². The first-order valence-electron chi connectivity index (χ1n) is 7.14. The fourth-order valence-electron chi connectivity index (χ4n) is 2.25. The van der Waals surface area contributed by atoms with Crippen LogP contribution in [0.2, 0.25) is 0 Å². The summed E-state index contributed by atoms with van der Waals surface area (Å²) in [6.45, 7) is 0. The molecule has 0 saturated heterocycles. The van der Waals surface area contributed by atoms with Crippen molar-refractivity contribution in [3.63, 3.8) is 0 Å². The highest BCUT2D eigenvalue weighted by molar-refractivity contribution is 9.10. The van der Waals surface area contributed by atoms with E-state index in [-0.39, 0.29) is 17.6 Å². The van der Waals surface area contributed by atoms with Crippen molar-refractivity contribution in [1.82, 2.24) is 0 Å². The summed E-state index contributed by atoms with van der Waals surface area (Å²) in [5, 5.41) is 5.44. The molecule has 4 nitrogen and oxygen atoms in total. The van der Waals surface area contributed by atoms with E-state index in [9.17, 15) is 14.0 Å². The second kappa shape index (κ2) is 6.12. The van der Waals surface area contributed by atoms with Gasteiger partial charge in [0.25, 0.3) is 0 Å². The molecule has 0 radical (unpaired) electrons. The molecule has 0 bridgehead atoms. The minimum atomic E-state index is -1.04. The highest BCUT2D eigenvalue weighted by Gasteiger charge is 2.56. The third-order valence-electron chi connectivity index (χ3n) is 3.82. The molecule has 0 spiro atoms. The van der Waals surface area contributed by atoms with E-state index in [0.29, 0.717) is 24.2 Å². The molecule has 0 unspecified atom stereocenters. The van der Waals surface area contributed by atoms with Crippen molar-refractivity contribution in [2.24, 2.45) is 5.41 Å². The van der Waals surface area contributed by atoms with Crippen LogP contribution in [-0.4, -0.2) is 11.8 Å². The van der Waals surface area contributed by atoms with Gasteiger partial charge in [-0.2, -0.15) is 0 Å². The minimum Gasteiger partial charge on any atom is -0.325 e. The molecule has 3 rings (SSSR count). The van der Waals surface area contributed by atoms with Crippen molar-refractivity contribution in [3.8, 4) is 0 Å². The lowest BCUT2D eigenvalue weighted by atomic mass is 10.0. The van der Waals surface area contributed by atoms with Crippen LogP contribution in [0, 0.1) is 11.2 Å². The topological polar surface area (TPSA) is 58.2 Å². The summed E-state index contributed by atoms with van der Waals surface area (Å²) in [4.78, 5) is 24.8. The Morgan fingerprint density at radius 3 is 1.74 bits per heavy atom. The van der Waals surface area contributed by atoms with Gasteiger partial charge in [0.05, 0.1) is 0 Å². The average molecular weight is 377 g/mol. The van der Waals surface area contributed by atoms with Crippen LogP contribution in [0.4, 0.5) is 15.8 Å². The Morgan fingerprint density at radius 2 is 1.30 bits per heavy atom. The summed E-state index contributed by atoms with van der Waals surface area (Å²) in [6, 6.07) is 12.6. The van der Waals surface area contributed by atoms with Crippen molar-refractivity contribution in [2.75, 3.05) is 10.6 Å². The zero-order valence-electron chi connectivity index (χ0n) is 12.1. The molecule has 2 N–H and O–H groups in total. The maximum atomic E-state index is 12.9. The Bertz CT molecular complexity index is 679. The van der Waals surface area contributed by atoms with Gasteiger partial charge >= 0.3 is 0 Å². The van der Waals surface area contributed by atoms with Crippen molar-refractivity contribution < 1.29 is 14.0 Å². The molecule has 1 saturated carbocycles. The Morgan fingerprint density at radius 1 is 0.870 bits per heavy atom. The molecule has 118 valence electrons. The molecule has 0 aliphatic heterocycles. The molecule has 2 aromatic carbocycles. The van der Waals surface area contributed by atoms with Gasteiger partial charge in [0.1, 0.15) is 11.2 Å². The Labute approximate surface area is 141 Å². The lowest BCUT2D eigenvalue weighted by Gasteiger charge is -2.15. The molecule has 2 amide bonds. The minimum absolute atomic E-state index is 0.320. The van der Waals surface area contributed by atoms with Gasteiger partial charge in [0.2, 0.25) is 11.8 Å². The largest absolute Gasteiger partial charge is 0.325 e. The number of hydrogen-bond donors (Lipinski definition) is 2. The van der Waals surface area contributed by atoms with Crippen molar-refractivity contribution in [3.05, 3.63) is 58.8 Å². The van der Waals surface area contributed by atoms with Crippen LogP contribution in [0.3, 0.4) is 0 Å². The van der Waals surface area contributed by atoms with Gasteiger partial charge in [0.15, 0.2) is 0 Å². The molecular weight excluding hydrogens is 363 g/mol. The Kier molecular flexibility index (Phi) is 4.17. The zero-order valence-corrected chi connectivity index (χ0v) is 13.7. The number of carbonyl (C=O) groups excluding carboxylic acids is 2. The molecule has 1 aliphatic rings. The lowest BCUT2D eigenvalue weighted by Crippen LogP contribution is -2.35. The van der Waals surface area contributed by atoms with Gasteiger partial charge in [-0.1, -0.05) is 15.9 Å². The van der Waals surface area contributed by atoms with E-state index < -0.39 is 5.41 Å². The molecule has 0 atom stereocenters. The number of carbonyl (C=O) groups is 2. The van der Waals surface area contributed by atoms with Crippen LogP contribution in [0.5, 0.6) is 0 Å². The van der Waals surface area contributed by atoms with Crippen LogP contribution >= 0.6 is 15.9 Å². The summed E-state index contributed by atoms with van der Waals surface area (Å²) >= 11 is 3.33. The SMILES string of the molecule is O=C(Nc1ccc(F)cc1)C1(C(=O)Nc2ccc(Br)cc2)CC1. The molecule has 1 fully saturated rings. The van der Waals surface area contributed by atoms with E-state index >= 15 is 0 Å². The van der Waals surface area contributed by atoms with Crippen molar-refractivity contribution >= 4 is 39.1 Å². The first-order valence-corrected chi connectivity index (χ1v) is 7.93. The van der Waals surface area contributed by atoms with E-state index in [0.717, 1.165) is 4.47 Å². The first kappa shape index (κ1) is 15.7. The Hall–Kier alpha value is -2.21. The third-order valence-corrected chi connectivity index (χ3v) is 4.35. The summed E-state index contributed by atoms with van der Waals surface area (Å²) in [5.41, 5.74) is 0.0692. The van der Waals surface area contributed by atoms with Crippen molar-refractivity contribution in [2.45, 2.75) is 12.8 Å². The Balaban J connectivity index is 1.68. The number of amides is 2. The van der Waals surface area contributed by atoms with Gasteiger partial charge in [0, 0.05) is 15.8 Å². The second-order valence-corrected chi connectivity index (χ2v) is 6.42. The maximum absolute atomic E-state index is 12.9. The number of rotatable bonds is 4. The highest BCUT2D eigenvalue weighted by atomic mass is 79.9. The quantitative estimate of drug-likeness (QED) is 0.793. The maximum Gasteiger partial charge on any atom is 0.240 e. The number of hydrogen-bond acceptors (Lipinski definition) is 2. The van der Waals surface area contributed by atoms with E-state index in [4.69, 9.17) is 0 Å². The van der Waals surface area contributed by atoms with E-state index in [2.05, 4.69) is 26.6 Å². The van der Waals surface area contributed by atoms with Crippen LogP contribution in [0.25, 0.3) is 0 Å². The van der Waals surface area contributed by atoms with Gasteiger partial charge < -0.3 is 10.6 Å². The van der Waals surface area contributed by atoms with Crippen molar-refractivity contribution in [1.29, 1.82) is 0 Å². The van der Waals surface area contributed by atoms with Gasteiger partial charge in [-0.05, 0) is 61.4 Å². The normalized spacial score (nSPS) is 14.9. The molecular formula is C17H14BrFN2O2. The molecule has 23 heavy (non-hydrogen) atoms. The lowest BCUT2D eigenvalue weighted by molar-refractivity contribution is -0.131. The predicted octanol–water partition coefficient (Wildman–Crippen LogP) is 3.95. The van der Waals surface area contributed by atoms with Crippen LogP contribution in [-0.2, 0) is 9.59 Å². The number of anilines is 2. The van der Waals surface area contributed by atoms with E-state index in [1.807, 2.05) is 12.1 Å². The van der Waals surface area contributed by atoms with E-state index in [1.165, 1.54) is 24.3 Å². The van der Waals surface area contributed by atoms with Crippen LogP contribution in [0.1, 0.15) is 12.8 Å². The number of nitrogens with one attached hydrogen (secondary N) is 2. The third kappa shape index (κ3) is 3.42. The molecule has 1 aliphatic carbocycles. The fourth-order valence-corrected chi connectivity index (χ4v) is 2.51. The standard InChI is InChI=1S/C17H14BrFN2O2/c18-11-1-5-13(6-2-11)20-15(22)17(9-10-17)16(23)21-14-7-3-12(19)4-8-14/h1-8H,9-10H2,(H,20,22)(H,21,23). The summed E-state index contributed by atoms with van der Waals surface area (Å²) in [7, 11) is 0. The average Bonchev–Trinajstić information content (AvgIpc) is 3.34. The summed E-state index contributed by atoms with van der Waals surface area (Å²) in [5.74, 6) is -1.06. The van der Waals surface area contributed by atoms with Gasteiger partial charge in [-0.15, -0.1) is 0 Å².